The topological polar surface area (TPSA) is 63.3 Å². The van der Waals surface area contributed by atoms with Crippen LogP contribution in [0, 0.1) is 0 Å². The minimum Gasteiger partial charge on any atom is -0.496 e. The molecule has 7 heteroatoms. The highest BCUT2D eigenvalue weighted by Gasteiger charge is 2.21. The van der Waals surface area contributed by atoms with Crippen LogP contribution in [0.15, 0.2) is 42.5 Å². The van der Waals surface area contributed by atoms with Gasteiger partial charge in [0.2, 0.25) is 0 Å². The molecule has 0 atom stereocenters. The van der Waals surface area contributed by atoms with Gasteiger partial charge in [0.15, 0.2) is 11.5 Å². The van der Waals surface area contributed by atoms with Crippen LogP contribution >= 0.6 is 0 Å². The Bertz CT molecular complexity index is 805. The second-order valence-corrected chi connectivity index (χ2v) is 6.81. The Morgan fingerprint density at radius 2 is 1.52 bits per heavy atom. The zero-order valence-corrected chi connectivity index (χ0v) is 17.3. The molecule has 7 nitrogen and oxygen atoms in total. The molecule has 2 aromatic carbocycles. The van der Waals surface area contributed by atoms with Gasteiger partial charge < -0.3 is 29.3 Å². The summed E-state index contributed by atoms with van der Waals surface area (Å²) in [5, 5.41) is 3.01. The molecule has 0 aromatic heterocycles. The number of anilines is 1. The number of urea groups is 1. The first-order valence-corrected chi connectivity index (χ1v) is 9.78. The maximum atomic E-state index is 12.5. The van der Waals surface area contributed by atoms with Gasteiger partial charge in [0.05, 0.1) is 21.3 Å². The van der Waals surface area contributed by atoms with Crippen LogP contribution < -0.4 is 24.4 Å². The van der Waals surface area contributed by atoms with Crippen LogP contribution in [-0.2, 0) is 6.42 Å². The van der Waals surface area contributed by atoms with Crippen LogP contribution in [0.2, 0.25) is 0 Å². The van der Waals surface area contributed by atoms with Crippen LogP contribution in [0.5, 0.6) is 17.2 Å². The minimum absolute atomic E-state index is 0.0304. The van der Waals surface area contributed by atoms with Crippen LogP contribution in [0.4, 0.5) is 10.5 Å². The molecule has 0 bridgehead atoms. The number of carbonyl (C=O) groups excluding carboxylic acids is 1. The summed E-state index contributed by atoms with van der Waals surface area (Å²) in [6, 6.07) is 14.0. The third-order valence-corrected chi connectivity index (χ3v) is 5.15. The highest BCUT2D eigenvalue weighted by molar-refractivity contribution is 5.74. The van der Waals surface area contributed by atoms with Gasteiger partial charge in [-0.25, -0.2) is 4.79 Å². The summed E-state index contributed by atoms with van der Waals surface area (Å²) in [7, 11) is 4.81. The lowest BCUT2D eigenvalue weighted by Crippen LogP contribution is -2.52. The van der Waals surface area contributed by atoms with Gasteiger partial charge in [0.1, 0.15) is 5.75 Å². The van der Waals surface area contributed by atoms with Crippen molar-refractivity contribution in [2.45, 2.75) is 6.42 Å². The van der Waals surface area contributed by atoms with E-state index >= 15 is 0 Å². The molecule has 2 aromatic rings. The number of hydrogen-bond donors (Lipinski definition) is 1. The van der Waals surface area contributed by atoms with Gasteiger partial charge in [-0.3, -0.25) is 0 Å². The lowest BCUT2D eigenvalue weighted by atomic mass is 10.1. The highest BCUT2D eigenvalue weighted by Crippen LogP contribution is 2.34. The third kappa shape index (κ3) is 5.04. The van der Waals surface area contributed by atoms with Crippen molar-refractivity contribution in [1.29, 1.82) is 0 Å². The number of nitrogens with zero attached hydrogens (tertiary/aromatic N) is 2. The summed E-state index contributed by atoms with van der Waals surface area (Å²) in [4.78, 5) is 16.7. The number of amides is 2. The first-order valence-electron chi connectivity index (χ1n) is 9.78. The van der Waals surface area contributed by atoms with E-state index in [4.69, 9.17) is 14.2 Å². The average Bonchev–Trinajstić information content (AvgIpc) is 2.79. The average molecular weight is 399 g/mol. The van der Waals surface area contributed by atoms with Crippen LogP contribution in [-0.4, -0.2) is 65.0 Å². The van der Waals surface area contributed by atoms with E-state index in [9.17, 15) is 4.79 Å². The molecule has 1 fully saturated rings. The molecule has 1 saturated heterocycles. The molecule has 2 amide bonds. The first kappa shape index (κ1) is 20.6. The SMILES string of the molecule is COc1cc(OC)c(OC)cc1CCNC(=O)N1CCN(c2ccccc2)CC1. The van der Waals surface area contributed by atoms with Gasteiger partial charge in [-0.1, -0.05) is 18.2 Å². The molecule has 0 radical (unpaired) electrons. The van der Waals surface area contributed by atoms with Crippen molar-refractivity contribution in [2.75, 3.05) is 59.0 Å². The predicted molar refractivity (Wildman–Crippen MR) is 113 cm³/mol. The van der Waals surface area contributed by atoms with E-state index in [1.807, 2.05) is 29.2 Å². The minimum atomic E-state index is -0.0304. The van der Waals surface area contributed by atoms with Crippen molar-refractivity contribution in [3.05, 3.63) is 48.0 Å². The number of carbonyl (C=O) groups is 1. The van der Waals surface area contributed by atoms with Gasteiger partial charge in [0, 0.05) is 44.5 Å². The third-order valence-electron chi connectivity index (χ3n) is 5.15. The second kappa shape index (κ2) is 9.91. The summed E-state index contributed by atoms with van der Waals surface area (Å²) < 4.78 is 16.1. The van der Waals surface area contributed by atoms with E-state index < -0.39 is 0 Å². The number of hydrogen-bond acceptors (Lipinski definition) is 5. The molecule has 29 heavy (non-hydrogen) atoms. The largest absolute Gasteiger partial charge is 0.496 e. The maximum absolute atomic E-state index is 12.5. The number of piperazine rings is 1. The molecule has 1 aliphatic heterocycles. The number of ether oxygens (including phenoxy) is 3. The Morgan fingerprint density at radius 3 is 2.14 bits per heavy atom. The zero-order valence-electron chi connectivity index (χ0n) is 17.3. The first-order chi connectivity index (χ1) is 14.2. The number of benzene rings is 2. The summed E-state index contributed by atoms with van der Waals surface area (Å²) in [5.41, 5.74) is 2.16. The van der Waals surface area contributed by atoms with E-state index in [2.05, 4.69) is 22.3 Å². The van der Waals surface area contributed by atoms with Crippen molar-refractivity contribution in [3.8, 4) is 17.2 Å². The molecular formula is C22H29N3O4. The molecule has 0 unspecified atom stereocenters. The number of nitrogens with one attached hydrogen (secondary N) is 1. The quantitative estimate of drug-likeness (QED) is 0.776. The standard InChI is InChI=1S/C22H29N3O4/c1-27-19-16-21(29-3)20(28-2)15-17(19)9-10-23-22(26)25-13-11-24(12-14-25)18-7-5-4-6-8-18/h4-8,15-16H,9-14H2,1-3H3,(H,23,26). The van der Waals surface area contributed by atoms with Crippen molar-refractivity contribution in [1.82, 2.24) is 10.2 Å². The number of methoxy groups -OCH3 is 3. The van der Waals surface area contributed by atoms with E-state index in [1.54, 1.807) is 27.4 Å². The summed E-state index contributed by atoms with van der Waals surface area (Å²) in [6.45, 7) is 3.60. The van der Waals surface area contributed by atoms with E-state index in [1.165, 1.54) is 5.69 Å². The van der Waals surface area contributed by atoms with Crippen LogP contribution in [0.1, 0.15) is 5.56 Å². The van der Waals surface area contributed by atoms with Crippen molar-refractivity contribution >= 4 is 11.7 Å². The normalized spacial score (nSPS) is 13.8. The van der Waals surface area contributed by atoms with Crippen molar-refractivity contribution < 1.29 is 19.0 Å². The fourth-order valence-corrected chi connectivity index (χ4v) is 3.51. The molecule has 0 aliphatic carbocycles. The Morgan fingerprint density at radius 1 is 0.897 bits per heavy atom. The monoisotopic (exact) mass is 399 g/mol. The summed E-state index contributed by atoms with van der Waals surface area (Å²) in [6.07, 6.45) is 0.638. The molecule has 1 heterocycles. The molecule has 1 aliphatic rings. The van der Waals surface area contributed by atoms with Crippen molar-refractivity contribution in [2.24, 2.45) is 0 Å². The van der Waals surface area contributed by atoms with Gasteiger partial charge in [-0.05, 0) is 30.2 Å². The predicted octanol–water partition coefficient (Wildman–Crippen LogP) is 2.79. The molecule has 0 saturated carbocycles. The second-order valence-electron chi connectivity index (χ2n) is 6.81. The Hall–Kier alpha value is -3.09. The Labute approximate surface area is 172 Å². The molecule has 1 N–H and O–H groups in total. The fourth-order valence-electron chi connectivity index (χ4n) is 3.51. The fraction of sp³-hybridized carbons (Fsp3) is 0.409. The molecule has 0 spiro atoms. The van der Waals surface area contributed by atoms with Gasteiger partial charge in [0.25, 0.3) is 0 Å². The zero-order chi connectivity index (χ0) is 20.6. The van der Waals surface area contributed by atoms with E-state index in [0.29, 0.717) is 43.3 Å². The molecule has 3 rings (SSSR count). The number of rotatable bonds is 7. The van der Waals surface area contributed by atoms with Gasteiger partial charge in [-0.2, -0.15) is 0 Å². The van der Waals surface area contributed by atoms with Gasteiger partial charge in [-0.15, -0.1) is 0 Å². The van der Waals surface area contributed by atoms with Crippen LogP contribution in [0.3, 0.4) is 0 Å². The lowest BCUT2D eigenvalue weighted by molar-refractivity contribution is 0.194. The number of para-hydroxylation sites is 1. The smallest absolute Gasteiger partial charge is 0.317 e. The Balaban J connectivity index is 1.50. The van der Waals surface area contributed by atoms with Crippen LogP contribution in [0.25, 0.3) is 0 Å². The Kier molecular flexibility index (Phi) is 7.05. The summed E-state index contributed by atoms with van der Waals surface area (Å²) in [5.74, 6) is 1.98. The maximum Gasteiger partial charge on any atom is 0.317 e. The highest BCUT2D eigenvalue weighted by atomic mass is 16.5. The van der Waals surface area contributed by atoms with E-state index in [-0.39, 0.29) is 6.03 Å². The van der Waals surface area contributed by atoms with E-state index in [0.717, 1.165) is 18.7 Å². The molecule has 156 valence electrons. The van der Waals surface area contributed by atoms with Gasteiger partial charge >= 0.3 is 6.03 Å². The molecular weight excluding hydrogens is 370 g/mol. The van der Waals surface area contributed by atoms with Crippen molar-refractivity contribution in [3.63, 3.8) is 0 Å². The summed E-state index contributed by atoms with van der Waals surface area (Å²) >= 11 is 0. The lowest BCUT2D eigenvalue weighted by Gasteiger charge is -2.36.